The molecule has 1 aliphatic rings. The maximum Gasteiger partial charge on any atom is 0.268 e. The molecule has 1 aliphatic heterocycles. The molecule has 1 saturated heterocycles. The van der Waals surface area contributed by atoms with Gasteiger partial charge in [-0.25, -0.2) is 18.4 Å². The van der Waals surface area contributed by atoms with Gasteiger partial charge in [0.05, 0.1) is 11.6 Å². The van der Waals surface area contributed by atoms with Gasteiger partial charge < -0.3 is 15.0 Å². The minimum absolute atomic E-state index is 0.118. The average molecular weight is 472 g/mol. The highest BCUT2D eigenvalue weighted by Gasteiger charge is 2.35. The maximum atomic E-state index is 13.3. The van der Waals surface area contributed by atoms with Crippen LogP contribution < -0.4 is 5.32 Å². The van der Waals surface area contributed by atoms with Crippen LogP contribution >= 0.6 is 0 Å². The van der Waals surface area contributed by atoms with Crippen molar-refractivity contribution >= 4 is 26.8 Å². The van der Waals surface area contributed by atoms with Gasteiger partial charge in [-0.15, -0.1) is 0 Å². The van der Waals surface area contributed by atoms with E-state index in [1.807, 2.05) is 32.0 Å². The molecule has 10 heteroatoms. The molecule has 2 aromatic heterocycles. The van der Waals surface area contributed by atoms with Crippen LogP contribution in [0.4, 0.5) is 0 Å². The Bertz CT molecular complexity index is 1320. The van der Waals surface area contributed by atoms with Gasteiger partial charge >= 0.3 is 0 Å². The van der Waals surface area contributed by atoms with Crippen molar-refractivity contribution in [3.8, 4) is 0 Å². The van der Waals surface area contributed by atoms with Gasteiger partial charge in [0.15, 0.2) is 0 Å². The number of sulfonamides is 1. The molecule has 9 nitrogen and oxygen atoms in total. The van der Waals surface area contributed by atoms with Gasteiger partial charge in [0.25, 0.3) is 5.91 Å². The highest BCUT2D eigenvalue weighted by Crippen LogP contribution is 2.28. The topological polar surface area (TPSA) is 117 Å². The van der Waals surface area contributed by atoms with E-state index < -0.39 is 16.1 Å². The third-order valence-corrected chi connectivity index (χ3v) is 8.42. The molecular formula is C23H29N5O4S. The van der Waals surface area contributed by atoms with E-state index in [4.69, 9.17) is 0 Å². The van der Waals surface area contributed by atoms with Crippen molar-refractivity contribution in [1.82, 2.24) is 24.2 Å². The number of hydrogen-bond donors (Lipinski definition) is 2. The number of aliphatic hydroxyl groups excluding tert-OH is 1. The Morgan fingerprint density at radius 1 is 1.30 bits per heavy atom. The average Bonchev–Trinajstić information content (AvgIpc) is 3.08. The second-order valence-electron chi connectivity index (χ2n) is 8.68. The predicted octanol–water partition coefficient (Wildman–Crippen LogP) is 1.91. The van der Waals surface area contributed by atoms with Crippen LogP contribution in [0.1, 0.15) is 40.9 Å². The molecule has 2 N–H and O–H groups in total. The van der Waals surface area contributed by atoms with Gasteiger partial charge in [0, 0.05) is 44.0 Å². The van der Waals surface area contributed by atoms with Gasteiger partial charge in [-0.1, -0.05) is 19.1 Å². The number of aryl methyl sites for hydroxylation is 1. The summed E-state index contributed by atoms with van der Waals surface area (Å²) < 4.78 is 29.6. The third kappa shape index (κ3) is 4.38. The zero-order chi connectivity index (χ0) is 23.9. The van der Waals surface area contributed by atoms with E-state index in [9.17, 15) is 18.3 Å². The van der Waals surface area contributed by atoms with Crippen LogP contribution in [0.5, 0.6) is 0 Å². The highest BCUT2D eigenvalue weighted by atomic mass is 32.2. The summed E-state index contributed by atoms with van der Waals surface area (Å²) in [5, 5.41) is 13.7. The van der Waals surface area contributed by atoms with Gasteiger partial charge in [-0.05, 0) is 43.9 Å². The SMILES string of the molecule is Cc1ncc2c(CNC(=O)c3cc(S(=O)(=O)N4CC[C@@H](O)[C@@H](C)C4)c(C)n3C)cccc2n1. The lowest BCUT2D eigenvalue weighted by molar-refractivity contribution is 0.0628. The lowest BCUT2D eigenvalue weighted by atomic mass is 9.99. The molecule has 0 spiro atoms. The number of nitrogens with zero attached hydrogens (tertiary/aromatic N) is 4. The fourth-order valence-electron chi connectivity index (χ4n) is 4.23. The molecule has 0 aliphatic carbocycles. The number of nitrogens with one attached hydrogen (secondary N) is 1. The van der Waals surface area contributed by atoms with Crippen molar-refractivity contribution in [3.05, 3.63) is 53.2 Å². The van der Waals surface area contributed by atoms with Crippen molar-refractivity contribution in [3.63, 3.8) is 0 Å². The Hall–Kier alpha value is -2.82. The largest absolute Gasteiger partial charge is 0.393 e. The van der Waals surface area contributed by atoms with E-state index in [1.165, 1.54) is 10.4 Å². The third-order valence-electron chi connectivity index (χ3n) is 6.44. The Kier molecular flexibility index (Phi) is 6.26. The molecule has 2 atom stereocenters. The number of aliphatic hydroxyl groups is 1. The number of fused-ring (bicyclic) bond motifs is 1. The standard InChI is InChI=1S/C23H29N5O4S/c1-14-13-28(9-8-21(14)29)33(31,32)22-10-20(27(4)15(22)2)23(30)25-11-17-6-5-7-19-18(17)12-24-16(3)26-19/h5-7,10,12,14,21,29H,8-9,11,13H2,1-4H3,(H,25,30)/t14-,21+/m0/s1. The number of carbonyl (C=O) groups excluding carboxylic acids is 1. The van der Waals surface area contributed by atoms with Crippen molar-refractivity contribution in [2.75, 3.05) is 13.1 Å². The van der Waals surface area contributed by atoms with Crippen LogP contribution in [-0.2, 0) is 23.6 Å². The van der Waals surface area contributed by atoms with Gasteiger partial charge in [-0.2, -0.15) is 4.31 Å². The molecule has 0 bridgehead atoms. The predicted molar refractivity (Wildman–Crippen MR) is 124 cm³/mol. The summed E-state index contributed by atoms with van der Waals surface area (Å²) in [5.74, 6) is 0.164. The Morgan fingerprint density at radius 3 is 2.79 bits per heavy atom. The highest BCUT2D eigenvalue weighted by molar-refractivity contribution is 7.89. The number of carbonyl (C=O) groups is 1. The summed E-state index contributed by atoms with van der Waals surface area (Å²) >= 11 is 0. The van der Waals surface area contributed by atoms with Crippen LogP contribution in [0.2, 0.25) is 0 Å². The first-order valence-corrected chi connectivity index (χ1v) is 12.4. The summed E-state index contributed by atoms with van der Waals surface area (Å²) in [6, 6.07) is 7.11. The van der Waals surface area contributed by atoms with Crippen LogP contribution in [0.15, 0.2) is 35.4 Å². The number of benzene rings is 1. The van der Waals surface area contributed by atoms with Crippen LogP contribution in [0.3, 0.4) is 0 Å². The fraction of sp³-hybridized carbons (Fsp3) is 0.435. The lowest BCUT2D eigenvalue weighted by Crippen LogP contribution is -2.44. The Labute approximate surface area is 193 Å². The number of hydrogen-bond acceptors (Lipinski definition) is 6. The first-order valence-electron chi connectivity index (χ1n) is 10.9. The normalized spacial score (nSPS) is 19.7. The number of aromatic nitrogens is 3. The van der Waals surface area contributed by atoms with Gasteiger partial charge in [0.1, 0.15) is 16.4 Å². The van der Waals surface area contributed by atoms with E-state index >= 15 is 0 Å². The van der Waals surface area contributed by atoms with E-state index in [0.29, 0.717) is 17.9 Å². The molecule has 1 aromatic carbocycles. The molecule has 1 amide bonds. The first kappa shape index (κ1) is 23.3. The molecule has 0 saturated carbocycles. The van der Waals surface area contributed by atoms with E-state index in [-0.39, 0.29) is 42.0 Å². The minimum Gasteiger partial charge on any atom is -0.393 e. The zero-order valence-electron chi connectivity index (χ0n) is 19.2. The zero-order valence-corrected chi connectivity index (χ0v) is 20.1. The van der Waals surface area contributed by atoms with Crippen molar-refractivity contribution in [2.24, 2.45) is 13.0 Å². The molecule has 3 aromatic rings. The first-order chi connectivity index (χ1) is 15.6. The summed E-state index contributed by atoms with van der Waals surface area (Å²) in [4.78, 5) is 21.8. The lowest BCUT2D eigenvalue weighted by Gasteiger charge is -2.33. The van der Waals surface area contributed by atoms with Crippen molar-refractivity contribution in [1.29, 1.82) is 0 Å². The van der Waals surface area contributed by atoms with Crippen LogP contribution in [0, 0.1) is 19.8 Å². The minimum atomic E-state index is -3.78. The van der Waals surface area contributed by atoms with Gasteiger partial charge in [0.2, 0.25) is 10.0 Å². The molecule has 176 valence electrons. The van der Waals surface area contributed by atoms with E-state index in [0.717, 1.165) is 16.5 Å². The molecule has 0 radical (unpaired) electrons. The summed E-state index contributed by atoms with van der Waals surface area (Å²) in [6.45, 7) is 6.12. The number of amides is 1. The quantitative estimate of drug-likeness (QED) is 0.587. The molecule has 0 unspecified atom stereocenters. The Balaban J connectivity index is 1.56. The van der Waals surface area contributed by atoms with Crippen LogP contribution in [-0.4, -0.2) is 57.5 Å². The fourth-order valence-corrected chi connectivity index (χ4v) is 6.06. The monoisotopic (exact) mass is 471 g/mol. The molecule has 4 rings (SSSR count). The maximum absolute atomic E-state index is 13.3. The van der Waals surface area contributed by atoms with E-state index in [2.05, 4.69) is 15.3 Å². The van der Waals surface area contributed by atoms with Gasteiger partial charge in [-0.3, -0.25) is 4.79 Å². The van der Waals surface area contributed by atoms with Crippen molar-refractivity contribution < 1.29 is 18.3 Å². The van der Waals surface area contributed by atoms with Crippen LogP contribution in [0.25, 0.3) is 10.9 Å². The summed E-state index contributed by atoms with van der Waals surface area (Å²) in [7, 11) is -2.10. The molecule has 1 fully saturated rings. The number of rotatable bonds is 5. The number of piperidine rings is 1. The van der Waals surface area contributed by atoms with E-state index in [1.54, 1.807) is 24.7 Å². The molecule has 33 heavy (non-hydrogen) atoms. The smallest absolute Gasteiger partial charge is 0.268 e. The summed E-state index contributed by atoms with van der Waals surface area (Å²) in [5.41, 5.74) is 2.44. The molecule has 3 heterocycles. The Morgan fingerprint density at radius 2 is 2.06 bits per heavy atom. The second-order valence-corrected chi connectivity index (χ2v) is 10.6. The second kappa shape index (κ2) is 8.85. The van der Waals surface area contributed by atoms with Crippen molar-refractivity contribution in [2.45, 2.75) is 44.7 Å². The summed E-state index contributed by atoms with van der Waals surface area (Å²) in [6.07, 6.45) is 1.64. The molecular weight excluding hydrogens is 442 g/mol.